The van der Waals surface area contributed by atoms with E-state index in [-0.39, 0.29) is 37.3 Å². The van der Waals surface area contributed by atoms with E-state index in [2.05, 4.69) is 5.10 Å². The Morgan fingerprint density at radius 3 is 2.31 bits per heavy atom. The zero-order chi connectivity index (χ0) is 23.0. The van der Waals surface area contributed by atoms with Gasteiger partial charge in [-0.2, -0.15) is 8.42 Å². The maximum Gasteiger partial charge on any atom is 0.347 e. The van der Waals surface area contributed by atoms with Gasteiger partial charge in [0.05, 0.1) is 38.5 Å². The van der Waals surface area contributed by atoms with Gasteiger partial charge in [0, 0.05) is 0 Å². The normalized spacial score (nSPS) is 11.5. The quantitative estimate of drug-likeness (QED) is 0.365. The first-order valence-corrected chi connectivity index (χ1v) is 11.2. The van der Waals surface area contributed by atoms with Crippen LogP contribution in [-0.2, 0) is 10.0 Å². The minimum absolute atomic E-state index is 0.0581. The van der Waals surface area contributed by atoms with Gasteiger partial charge in [0.25, 0.3) is 15.9 Å². The lowest BCUT2D eigenvalue weighted by atomic mass is 10.2. The number of halogens is 3. The minimum atomic E-state index is -4.24. The van der Waals surface area contributed by atoms with Gasteiger partial charge in [0.1, 0.15) is 11.6 Å². The van der Waals surface area contributed by atoms with Gasteiger partial charge < -0.3 is 9.47 Å². The number of aromatic nitrogens is 2. The summed E-state index contributed by atoms with van der Waals surface area (Å²) in [5, 5.41) is 4.31. The topological polar surface area (TPSA) is 87.5 Å². The highest BCUT2D eigenvalue weighted by atomic mass is 35.5. The summed E-state index contributed by atoms with van der Waals surface area (Å²) in [6, 6.07) is 13.2. The van der Waals surface area contributed by atoms with Gasteiger partial charge in [-0.3, -0.25) is 0 Å². The first-order valence-electron chi connectivity index (χ1n) is 8.96. The summed E-state index contributed by atoms with van der Waals surface area (Å²) >= 11 is 12.1. The largest absolute Gasteiger partial charge is 0.497 e. The highest BCUT2D eigenvalue weighted by molar-refractivity contribution is 7.90. The van der Waals surface area contributed by atoms with Crippen molar-refractivity contribution in [1.82, 2.24) is 9.19 Å². The molecule has 1 heterocycles. The molecule has 0 amide bonds. The maximum atomic E-state index is 13.3. The molecule has 7 nitrogen and oxygen atoms in total. The molecular weight excluding hydrogens is 482 g/mol. The summed E-state index contributed by atoms with van der Waals surface area (Å²) in [7, 11) is -2.82. The molecule has 0 unspecified atom stereocenters. The zero-order valence-corrected chi connectivity index (χ0v) is 18.6. The molecule has 0 aliphatic rings. The highest BCUT2D eigenvalue weighted by Crippen LogP contribution is 2.33. The molecule has 0 atom stereocenters. The number of nitrogens with zero attached hydrogens (tertiary/aromatic N) is 2. The van der Waals surface area contributed by atoms with Crippen LogP contribution in [0.3, 0.4) is 0 Å². The fraction of sp³-hybridized carbons (Fsp3) is 0.0476. The van der Waals surface area contributed by atoms with E-state index in [0.29, 0.717) is 9.84 Å². The van der Waals surface area contributed by atoms with E-state index in [1.807, 2.05) is 0 Å². The van der Waals surface area contributed by atoms with Gasteiger partial charge in [-0.25, -0.2) is 9.18 Å². The van der Waals surface area contributed by atoms with Crippen LogP contribution >= 0.6 is 23.2 Å². The zero-order valence-electron chi connectivity index (χ0n) is 16.3. The second-order valence-corrected chi connectivity index (χ2v) is 9.06. The monoisotopic (exact) mass is 494 g/mol. The van der Waals surface area contributed by atoms with Crippen molar-refractivity contribution in [3.05, 3.63) is 82.1 Å². The molecule has 0 radical (unpaired) electrons. The van der Waals surface area contributed by atoms with E-state index in [1.54, 1.807) is 6.07 Å². The molecule has 0 fully saturated rings. The molecule has 1 aromatic heterocycles. The lowest BCUT2D eigenvalue weighted by Crippen LogP contribution is -2.15. The SMILES string of the molecule is COc1ccc2c(c1)c(OC(=O)c1c(Cl)cccc1Cl)nn2S(=O)(=O)c1ccc(F)cc1. The van der Waals surface area contributed by atoms with Gasteiger partial charge in [-0.05, 0) is 54.6 Å². The van der Waals surface area contributed by atoms with Crippen LogP contribution in [0.5, 0.6) is 11.6 Å². The highest BCUT2D eigenvalue weighted by Gasteiger charge is 2.26. The number of benzene rings is 3. The van der Waals surface area contributed by atoms with Gasteiger partial charge >= 0.3 is 5.97 Å². The van der Waals surface area contributed by atoms with Crippen LogP contribution in [0.1, 0.15) is 10.4 Å². The fourth-order valence-electron chi connectivity index (χ4n) is 2.97. The van der Waals surface area contributed by atoms with Crippen LogP contribution in [0.25, 0.3) is 10.9 Å². The van der Waals surface area contributed by atoms with Crippen LogP contribution in [0, 0.1) is 5.82 Å². The van der Waals surface area contributed by atoms with Gasteiger partial charge in [0.15, 0.2) is 0 Å². The Hall–Kier alpha value is -3.14. The summed E-state index contributed by atoms with van der Waals surface area (Å²) in [5.74, 6) is -1.44. The summed E-state index contributed by atoms with van der Waals surface area (Å²) in [5.41, 5.74) is 0.0194. The number of ether oxygens (including phenoxy) is 2. The molecule has 164 valence electrons. The number of hydrogen-bond acceptors (Lipinski definition) is 6. The van der Waals surface area contributed by atoms with E-state index in [9.17, 15) is 17.6 Å². The Bertz CT molecular complexity index is 1430. The molecule has 0 bridgehead atoms. The van der Waals surface area contributed by atoms with Crippen molar-refractivity contribution < 1.29 is 27.1 Å². The van der Waals surface area contributed by atoms with Crippen molar-refractivity contribution in [2.75, 3.05) is 7.11 Å². The molecule has 4 aromatic rings. The summed E-state index contributed by atoms with van der Waals surface area (Å²) in [6.07, 6.45) is 0. The van der Waals surface area contributed by atoms with Crippen molar-refractivity contribution >= 4 is 50.1 Å². The lowest BCUT2D eigenvalue weighted by molar-refractivity contribution is 0.0729. The Morgan fingerprint density at radius 1 is 1.03 bits per heavy atom. The van der Waals surface area contributed by atoms with Gasteiger partial charge in [-0.15, -0.1) is 9.19 Å². The van der Waals surface area contributed by atoms with E-state index in [4.69, 9.17) is 32.7 Å². The second kappa shape index (κ2) is 8.42. The van der Waals surface area contributed by atoms with Crippen molar-refractivity contribution in [2.24, 2.45) is 0 Å². The standard InChI is InChI=1S/C21H13Cl2FN2O5S/c1-30-13-7-10-18-15(11-13)20(31-21(27)19-16(22)3-2-4-17(19)23)25-26(18)32(28,29)14-8-5-12(24)6-9-14/h2-11H,1H3. The summed E-state index contributed by atoms with van der Waals surface area (Å²) < 4.78 is 50.9. The van der Waals surface area contributed by atoms with Crippen molar-refractivity contribution in [3.63, 3.8) is 0 Å². The first-order chi connectivity index (χ1) is 15.2. The Labute approximate surface area is 191 Å². The molecule has 0 aliphatic carbocycles. The van der Waals surface area contributed by atoms with E-state index in [1.165, 1.54) is 37.4 Å². The number of methoxy groups -OCH3 is 1. The van der Waals surface area contributed by atoms with Crippen LogP contribution in [0.2, 0.25) is 10.0 Å². The number of rotatable bonds is 5. The average Bonchev–Trinajstić information content (AvgIpc) is 3.12. The summed E-state index contributed by atoms with van der Waals surface area (Å²) in [4.78, 5) is 12.6. The van der Waals surface area contributed by atoms with Crippen LogP contribution in [0.4, 0.5) is 4.39 Å². The maximum absolute atomic E-state index is 13.3. The molecular formula is C21H13Cl2FN2O5S. The predicted molar refractivity (Wildman–Crippen MR) is 117 cm³/mol. The third-order valence-electron chi connectivity index (χ3n) is 4.52. The van der Waals surface area contributed by atoms with E-state index < -0.39 is 21.8 Å². The molecule has 11 heteroatoms. The molecule has 32 heavy (non-hydrogen) atoms. The van der Waals surface area contributed by atoms with Crippen molar-refractivity contribution in [2.45, 2.75) is 4.90 Å². The number of esters is 1. The predicted octanol–water partition coefficient (Wildman–Crippen LogP) is 4.95. The number of fused-ring (bicyclic) bond motifs is 1. The van der Waals surface area contributed by atoms with E-state index >= 15 is 0 Å². The first kappa shape index (κ1) is 22.1. The molecule has 0 saturated carbocycles. The second-order valence-electron chi connectivity index (χ2n) is 6.48. The molecule has 3 aromatic carbocycles. The molecule has 0 N–H and O–H groups in total. The van der Waals surface area contributed by atoms with Crippen molar-refractivity contribution in [1.29, 1.82) is 0 Å². The van der Waals surface area contributed by atoms with Gasteiger partial charge in [-0.1, -0.05) is 29.3 Å². The third-order valence-corrected chi connectivity index (χ3v) is 6.75. The molecule has 0 spiro atoms. The Balaban J connectivity index is 1.86. The number of hydrogen-bond donors (Lipinski definition) is 0. The minimum Gasteiger partial charge on any atom is -0.497 e. The van der Waals surface area contributed by atoms with E-state index in [0.717, 1.165) is 24.3 Å². The van der Waals surface area contributed by atoms with Crippen molar-refractivity contribution in [3.8, 4) is 11.6 Å². The molecule has 0 aliphatic heterocycles. The number of carbonyl (C=O) groups excluding carboxylic acids is 1. The Kier molecular flexibility index (Phi) is 5.81. The fourth-order valence-corrected chi connectivity index (χ4v) is 4.80. The van der Waals surface area contributed by atoms with Crippen LogP contribution in [-0.4, -0.2) is 30.7 Å². The van der Waals surface area contributed by atoms with Crippen LogP contribution in [0.15, 0.2) is 65.6 Å². The smallest absolute Gasteiger partial charge is 0.347 e. The Morgan fingerprint density at radius 2 is 1.69 bits per heavy atom. The summed E-state index contributed by atoms with van der Waals surface area (Å²) in [6.45, 7) is 0. The van der Waals surface area contributed by atoms with Gasteiger partial charge in [0.2, 0.25) is 0 Å². The molecule has 4 rings (SSSR count). The third kappa shape index (κ3) is 3.90. The lowest BCUT2D eigenvalue weighted by Gasteiger charge is -2.06. The average molecular weight is 495 g/mol. The number of carbonyl (C=O) groups is 1. The van der Waals surface area contributed by atoms with Crippen LogP contribution < -0.4 is 9.47 Å². The molecule has 0 saturated heterocycles.